The first kappa shape index (κ1) is 13.5. The Morgan fingerprint density at radius 1 is 1.44 bits per heavy atom. The normalized spacial score (nSPS) is 27.1. The van der Waals surface area contributed by atoms with Gasteiger partial charge in [-0.1, -0.05) is 13.8 Å². The van der Waals surface area contributed by atoms with Gasteiger partial charge in [0.15, 0.2) is 0 Å². The van der Waals surface area contributed by atoms with E-state index in [0.717, 1.165) is 19.6 Å². The maximum absolute atomic E-state index is 8.82. The maximum atomic E-state index is 8.82. The highest BCUT2D eigenvalue weighted by Gasteiger charge is 2.33. The summed E-state index contributed by atoms with van der Waals surface area (Å²) >= 11 is 0. The SMILES string of the molecule is CC1(C)CNC(CC#N)CN(C(C)(C)C)C1. The lowest BCUT2D eigenvalue weighted by atomic mass is 9.91. The highest BCUT2D eigenvalue weighted by atomic mass is 15.2. The molecule has 16 heavy (non-hydrogen) atoms. The van der Waals surface area contributed by atoms with Crippen molar-refractivity contribution in [3.63, 3.8) is 0 Å². The van der Waals surface area contributed by atoms with Crippen LogP contribution >= 0.6 is 0 Å². The predicted molar refractivity (Wildman–Crippen MR) is 67.1 cm³/mol. The minimum absolute atomic E-state index is 0.178. The number of hydrogen-bond acceptors (Lipinski definition) is 3. The van der Waals surface area contributed by atoms with E-state index >= 15 is 0 Å². The first-order chi connectivity index (χ1) is 7.24. The Balaban J connectivity index is 2.78. The lowest BCUT2D eigenvalue weighted by Gasteiger charge is -2.39. The van der Waals surface area contributed by atoms with Crippen molar-refractivity contribution in [2.24, 2.45) is 5.41 Å². The number of rotatable bonds is 1. The Morgan fingerprint density at radius 2 is 2.06 bits per heavy atom. The molecule has 1 heterocycles. The van der Waals surface area contributed by atoms with Gasteiger partial charge >= 0.3 is 0 Å². The molecule has 92 valence electrons. The molecule has 1 aliphatic rings. The van der Waals surface area contributed by atoms with E-state index in [0.29, 0.717) is 12.5 Å². The summed E-state index contributed by atoms with van der Waals surface area (Å²) in [5.74, 6) is 0. The second kappa shape index (κ2) is 4.73. The molecule has 0 aromatic heterocycles. The monoisotopic (exact) mass is 223 g/mol. The summed E-state index contributed by atoms with van der Waals surface area (Å²) in [5.41, 5.74) is 0.453. The van der Waals surface area contributed by atoms with Gasteiger partial charge in [-0.25, -0.2) is 0 Å². The second-order valence-corrected chi connectivity index (χ2v) is 6.66. The second-order valence-electron chi connectivity index (χ2n) is 6.66. The largest absolute Gasteiger partial charge is 0.311 e. The van der Waals surface area contributed by atoms with E-state index in [1.807, 2.05) is 0 Å². The molecule has 1 unspecified atom stereocenters. The third-order valence-electron chi connectivity index (χ3n) is 3.22. The van der Waals surface area contributed by atoms with Gasteiger partial charge in [0.25, 0.3) is 0 Å². The van der Waals surface area contributed by atoms with E-state index < -0.39 is 0 Å². The Morgan fingerprint density at radius 3 is 2.56 bits per heavy atom. The molecule has 0 aromatic rings. The van der Waals surface area contributed by atoms with Crippen LogP contribution in [0, 0.1) is 16.7 Å². The molecule has 3 heteroatoms. The quantitative estimate of drug-likeness (QED) is 0.739. The van der Waals surface area contributed by atoms with Crippen molar-refractivity contribution in [1.29, 1.82) is 5.26 Å². The van der Waals surface area contributed by atoms with E-state index in [2.05, 4.69) is 50.9 Å². The molecule has 0 spiro atoms. The smallest absolute Gasteiger partial charge is 0.0638 e. The van der Waals surface area contributed by atoms with Crippen LogP contribution in [0.5, 0.6) is 0 Å². The topological polar surface area (TPSA) is 39.1 Å². The Hall–Kier alpha value is -0.590. The molecule has 1 fully saturated rings. The molecule has 0 aromatic carbocycles. The van der Waals surface area contributed by atoms with Crippen molar-refractivity contribution in [2.45, 2.75) is 52.6 Å². The number of nitrogens with one attached hydrogen (secondary N) is 1. The molecule has 1 saturated heterocycles. The molecule has 1 atom stereocenters. The van der Waals surface area contributed by atoms with Gasteiger partial charge in [-0.3, -0.25) is 4.90 Å². The van der Waals surface area contributed by atoms with Gasteiger partial charge in [0.2, 0.25) is 0 Å². The third-order valence-corrected chi connectivity index (χ3v) is 3.22. The van der Waals surface area contributed by atoms with Gasteiger partial charge in [-0.15, -0.1) is 0 Å². The fourth-order valence-corrected chi connectivity index (χ4v) is 2.15. The zero-order valence-corrected chi connectivity index (χ0v) is 11.3. The fraction of sp³-hybridized carbons (Fsp3) is 0.923. The number of nitrogens with zero attached hydrogens (tertiary/aromatic N) is 2. The highest BCUT2D eigenvalue weighted by molar-refractivity contribution is 4.93. The van der Waals surface area contributed by atoms with Gasteiger partial charge < -0.3 is 5.32 Å². The van der Waals surface area contributed by atoms with Crippen LogP contribution in [0.15, 0.2) is 0 Å². The van der Waals surface area contributed by atoms with Crippen molar-refractivity contribution in [1.82, 2.24) is 10.2 Å². The maximum Gasteiger partial charge on any atom is 0.0638 e. The number of hydrogen-bond donors (Lipinski definition) is 1. The van der Waals surface area contributed by atoms with Crippen LogP contribution in [0.4, 0.5) is 0 Å². The lowest BCUT2D eigenvalue weighted by molar-refractivity contribution is 0.0981. The first-order valence-corrected chi connectivity index (χ1v) is 6.10. The van der Waals surface area contributed by atoms with Crippen LogP contribution in [0.2, 0.25) is 0 Å². The summed E-state index contributed by atoms with van der Waals surface area (Å²) < 4.78 is 0. The van der Waals surface area contributed by atoms with Crippen molar-refractivity contribution in [3.05, 3.63) is 0 Å². The summed E-state index contributed by atoms with van der Waals surface area (Å²) in [7, 11) is 0. The minimum atomic E-state index is 0.178. The summed E-state index contributed by atoms with van der Waals surface area (Å²) in [6.07, 6.45) is 0.600. The van der Waals surface area contributed by atoms with E-state index in [9.17, 15) is 0 Å². The van der Waals surface area contributed by atoms with Crippen LogP contribution in [-0.2, 0) is 0 Å². The Kier molecular flexibility index (Phi) is 3.98. The summed E-state index contributed by atoms with van der Waals surface area (Å²) in [5, 5.41) is 12.3. The molecule has 1 rings (SSSR count). The molecular formula is C13H25N3. The van der Waals surface area contributed by atoms with Gasteiger partial charge in [0, 0.05) is 31.2 Å². The van der Waals surface area contributed by atoms with E-state index in [1.54, 1.807) is 0 Å². The molecule has 0 amide bonds. The third kappa shape index (κ3) is 3.77. The van der Waals surface area contributed by atoms with Crippen molar-refractivity contribution in [2.75, 3.05) is 19.6 Å². The molecule has 0 bridgehead atoms. The zero-order chi connectivity index (χ0) is 12.4. The average molecular weight is 223 g/mol. The minimum Gasteiger partial charge on any atom is -0.311 e. The van der Waals surface area contributed by atoms with Crippen LogP contribution in [-0.4, -0.2) is 36.1 Å². The zero-order valence-electron chi connectivity index (χ0n) is 11.3. The first-order valence-electron chi connectivity index (χ1n) is 6.10. The molecule has 0 radical (unpaired) electrons. The van der Waals surface area contributed by atoms with Gasteiger partial charge in [-0.2, -0.15) is 5.26 Å². The fourth-order valence-electron chi connectivity index (χ4n) is 2.15. The van der Waals surface area contributed by atoms with Crippen LogP contribution in [0.25, 0.3) is 0 Å². The van der Waals surface area contributed by atoms with Crippen molar-refractivity contribution >= 4 is 0 Å². The van der Waals surface area contributed by atoms with Crippen molar-refractivity contribution in [3.8, 4) is 6.07 Å². The van der Waals surface area contributed by atoms with Crippen LogP contribution < -0.4 is 5.32 Å². The van der Waals surface area contributed by atoms with Gasteiger partial charge in [0.1, 0.15) is 0 Å². The summed E-state index contributed by atoms with van der Waals surface area (Å²) in [6.45, 7) is 14.4. The molecule has 1 N–H and O–H groups in total. The van der Waals surface area contributed by atoms with Crippen LogP contribution in [0.1, 0.15) is 41.0 Å². The average Bonchev–Trinajstić information content (AvgIpc) is 2.25. The van der Waals surface area contributed by atoms with Crippen LogP contribution in [0.3, 0.4) is 0 Å². The molecule has 1 aliphatic heterocycles. The molecule has 3 nitrogen and oxygen atoms in total. The summed E-state index contributed by atoms with van der Waals surface area (Å²) in [4.78, 5) is 2.50. The Labute approximate surface area is 99.8 Å². The van der Waals surface area contributed by atoms with Gasteiger partial charge in [-0.05, 0) is 26.2 Å². The molecule has 0 saturated carbocycles. The van der Waals surface area contributed by atoms with E-state index in [4.69, 9.17) is 5.26 Å². The van der Waals surface area contributed by atoms with E-state index in [-0.39, 0.29) is 11.0 Å². The molecular weight excluding hydrogens is 198 g/mol. The van der Waals surface area contributed by atoms with Crippen molar-refractivity contribution < 1.29 is 0 Å². The standard InChI is InChI=1S/C13H25N3/c1-12(2,3)16-8-11(6-7-14)15-9-13(4,5)10-16/h11,15H,6,8-10H2,1-5H3. The number of nitriles is 1. The lowest BCUT2D eigenvalue weighted by Crippen LogP contribution is -2.48. The Bertz CT molecular complexity index is 270. The molecule has 0 aliphatic carbocycles. The van der Waals surface area contributed by atoms with E-state index in [1.165, 1.54) is 0 Å². The summed E-state index contributed by atoms with van der Waals surface area (Å²) in [6, 6.07) is 2.59. The predicted octanol–water partition coefficient (Wildman–Crippen LogP) is 2.00. The van der Waals surface area contributed by atoms with Gasteiger partial charge in [0.05, 0.1) is 12.5 Å². The highest BCUT2D eigenvalue weighted by Crippen LogP contribution is 2.25.